The molecule has 3 aliphatic rings. The minimum Gasteiger partial charge on any atom is -0.493 e. The SMILES string of the molecule is CNc1ccc(C2=CN3C(=O)c4cc(OC)c(OCCCCCOc5cc(N=CC6CC(c7cccs7)=CN6C)c(C=O)cc5OC)cc4N=CC3C2)cc1. The molecule has 3 aliphatic heterocycles. The van der Waals surface area contributed by atoms with Crippen molar-refractivity contribution in [2.24, 2.45) is 9.98 Å². The fourth-order valence-corrected chi connectivity index (χ4v) is 7.67. The van der Waals surface area contributed by atoms with Gasteiger partial charge in [0.15, 0.2) is 29.3 Å². The number of hydrogen-bond donors (Lipinski definition) is 1. The second-order valence-corrected chi connectivity index (χ2v) is 14.5. The smallest absolute Gasteiger partial charge is 0.260 e. The van der Waals surface area contributed by atoms with Gasteiger partial charge in [-0.3, -0.25) is 19.6 Å². The maximum absolute atomic E-state index is 13.7. The molecule has 11 nitrogen and oxygen atoms in total. The lowest BCUT2D eigenvalue weighted by Gasteiger charge is -2.19. The molecule has 0 saturated heterocycles. The molecule has 3 aromatic carbocycles. The van der Waals surface area contributed by atoms with Gasteiger partial charge in [0, 0.05) is 80.0 Å². The van der Waals surface area contributed by atoms with E-state index in [1.807, 2.05) is 44.9 Å². The molecule has 1 N–H and O–H groups in total. The third-order valence-corrected chi connectivity index (χ3v) is 11.0. The van der Waals surface area contributed by atoms with Gasteiger partial charge >= 0.3 is 0 Å². The summed E-state index contributed by atoms with van der Waals surface area (Å²) in [6, 6.07) is 19.2. The molecule has 4 heterocycles. The lowest BCUT2D eigenvalue weighted by Crippen LogP contribution is -2.32. The van der Waals surface area contributed by atoms with E-state index in [1.165, 1.54) is 10.5 Å². The Labute approximate surface area is 325 Å². The van der Waals surface area contributed by atoms with E-state index in [0.29, 0.717) is 65.1 Å². The summed E-state index contributed by atoms with van der Waals surface area (Å²) in [7, 11) is 7.05. The first-order chi connectivity index (χ1) is 26.9. The number of aldehydes is 1. The maximum Gasteiger partial charge on any atom is 0.260 e. The molecule has 1 amide bonds. The Hall–Kier alpha value is -5.88. The average Bonchev–Trinajstić information content (AvgIpc) is 3.98. The number of nitrogens with zero attached hydrogens (tertiary/aromatic N) is 4. The highest BCUT2D eigenvalue weighted by Gasteiger charge is 2.33. The highest BCUT2D eigenvalue weighted by Crippen LogP contribution is 2.40. The summed E-state index contributed by atoms with van der Waals surface area (Å²) in [5, 5.41) is 5.22. The van der Waals surface area contributed by atoms with Crippen LogP contribution in [0.3, 0.4) is 0 Å². The number of aliphatic imine (C=N–C) groups is 2. The number of anilines is 1. The summed E-state index contributed by atoms with van der Waals surface area (Å²) in [5.74, 6) is 1.92. The highest BCUT2D eigenvalue weighted by atomic mass is 32.1. The molecule has 2 atom stereocenters. The topological polar surface area (TPSA) is 114 Å². The van der Waals surface area contributed by atoms with Gasteiger partial charge < -0.3 is 34.1 Å². The molecule has 0 radical (unpaired) electrons. The molecule has 0 fully saturated rings. The van der Waals surface area contributed by atoms with Crippen LogP contribution in [0.1, 0.15) is 63.3 Å². The van der Waals surface area contributed by atoms with Gasteiger partial charge in [0.05, 0.1) is 56.5 Å². The average molecular weight is 760 g/mol. The zero-order chi connectivity index (χ0) is 38.3. The monoisotopic (exact) mass is 759 g/mol. The normalized spacial score (nSPS) is 17.4. The standard InChI is InChI=1S/C43H45N5O6S/c1-44-32-12-10-28(11-13-32)29-17-34-24-46-37-22-41(39(52-4)20-35(37)43(50)48(34)26-29)54-15-7-5-6-14-53-40-21-36(31(27-49)19-38(40)51-3)45-23-33-18-30(25-47(33)2)42-9-8-16-55-42/h8-13,16,19-27,33-34,44H,5-7,14-15,17-18H2,1-4H3. The van der Waals surface area contributed by atoms with Gasteiger partial charge in [0.1, 0.15) is 0 Å². The number of thiophene rings is 1. The van der Waals surface area contributed by atoms with Crippen LogP contribution in [0.5, 0.6) is 23.0 Å². The number of hydrogen-bond acceptors (Lipinski definition) is 11. The van der Waals surface area contributed by atoms with Gasteiger partial charge in [-0.1, -0.05) is 18.2 Å². The molecule has 55 heavy (non-hydrogen) atoms. The molecule has 1 aromatic heterocycles. The van der Waals surface area contributed by atoms with E-state index in [1.54, 1.807) is 54.7 Å². The molecule has 12 heteroatoms. The predicted molar refractivity (Wildman–Crippen MR) is 220 cm³/mol. The van der Waals surface area contributed by atoms with Crippen molar-refractivity contribution in [3.05, 3.63) is 100 Å². The Bertz CT molecular complexity index is 2140. The number of carbonyl (C=O) groups excluding carboxylic acids is 2. The lowest BCUT2D eigenvalue weighted by atomic mass is 10.0. The van der Waals surface area contributed by atoms with Gasteiger partial charge in [0.25, 0.3) is 5.91 Å². The molecule has 284 valence electrons. The number of fused-ring (bicyclic) bond motifs is 2. The largest absolute Gasteiger partial charge is 0.493 e. The molecule has 0 spiro atoms. The number of ether oxygens (including phenoxy) is 4. The molecule has 2 unspecified atom stereocenters. The molecule has 0 aliphatic carbocycles. The third-order valence-electron chi connectivity index (χ3n) is 10.0. The van der Waals surface area contributed by atoms with E-state index in [-0.39, 0.29) is 18.0 Å². The minimum absolute atomic E-state index is 0.0860. The maximum atomic E-state index is 13.7. The number of carbonyl (C=O) groups is 2. The quantitative estimate of drug-likeness (QED) is 0.0686. The van der Waals surface area contributed by atoms with Crippen molar-refractivity contribution in [2.45, 2.75) is 44.2 Å². The van der Waals surface area contributed by atoms with Crippen LogP contribution in [0.4, 0.5) is 17.1 Å². The number of unbranched alkanes of at least 4 members (excludes halogenated alkanes) is 2. The third kappa shape index (κ3) is 8.29. The van der Waals surface area contributed by atoms with Gasteiger partial charge in [-0.15, -0.1) is 11.3 Å². The van der Waals surface area contributed by atoms with Gasteiger partial charge in [-0.05, 0) is 71.7 Å². The number of rotatable bonds is 16. The zero-order valence-corrected chi connectivity index (χ0v) is 32.3. The number of methoxy groups -OCH3 is 2. The van der Waals surface area contributed by atoms with E-state index in [9.17, 15) is 9.59 Å². The molecule has 4 aromatic rings. The van der Waals surface area contributed by atoms with Crippen LogP contribution in [-0.4, -0.2) is 88.0 Å². The van der Waals surface area contributed by atoms with E-state index in [4.69, 9.17) is 28.9 Å². The summed E-state index contributed by atoms with van der Waals surface area (Å²) in [5.41, 5.74) is 6.49. The fourth-order valence-electron chi connectivity index (χ4n) is 6.92. The van der Waals surface area contributed by atoms with Crippen molar-refractivity contribution in [2.75, 3.05) is 46.8 Å². The van der Waals surface area contributed by atoms with E-state index in [2.05, 4.69) is 46.1 Å². The van der Waals surface area contributed by atoms with Gasteiger partial charge in [0.2, 0.25) is 0 Å². The van der Waals surface area contributed by atoms with Crippen LogP contribution in [0.2, 0.25) is 0 Å². The van der Waals surface area contributed by atoms with E-state index < -0.39 is 0 Å². The molecular weight excluding hydrogens is 715 g/mol. The molecule has 0 saturated carbocycles. The van der Waals surface area contributed by atoms with E-state index >= 15 is 0 Å². The second kappa shape index (κ2) is 17.1. The van der Waals surface area contributed by atoms with Crippen LogP contribution >= 0.6 is 11.3 Å². The highest BCUT2D eigenvalue weighted by molar-refractivity contribution is 7.11. The van der Waals surface area contributed by atoms with Gasteiger partial charge in [-0.2, -0.15) is 0 Å². The first-order valence-corrected chi connectivity index (χ1v) is 19.3. The minimum atomic E-state index is -0.166. The van der Waals surface area contributed by atoms with Crippen LogP contribution in [0.25, 0.3) is 11.1 Å². The Balaban J connectivity index is 0.917. The Morgan fingerprint density at radius 3 is 2.35 bits per heavy atom. The lowest BCUT2D eigenvalue weighted by molar-refractivity contribution is 0.0817. The van der Waals surface area contributed by atoms with Gasteiger partial charge in [-0.25, -0.2) is 0 Å². The van der Waals surface area contributed by atoms with Crippen LogP contribution in [0, 0.1) is 0 Å². The zero-order valence-electron chi connectivity index (χ0n) is 31.5. The Morgan fingerprint density at radius 1 is 0.909 bits per heavy atom. The van der Waals surface area contributed by atoms with Crippen molar-refractivity contribution in [1.29, 1.82) is 0 Å². The Morgan fingerprint density at radius 2 is 1.65 bits per heavy atom. The number of benzene rings is 3. The first-order valence-electron chi connectivity index (χ1n) is 18.4. The summed E-state index contributed by atoms with van der Waals surface area (Å²) in [6.45, 7) is 0.905. The molecule has 7 rings (SSSR count). The van der Waals surface area contributed by atoms with Crippen LogP contribution < -0.4 is 24.3 Å². The van der Waals surface area contributed by atoms with E-state index in [0.717, 1.165) is 48.8 Å². The summed E-state index contributed by atoms with van der Waals surface area (Å²) < 4.78 is 23.5. The molecule has 0 bridgehead atoms. The second-order valence-electron chi connectivity index (χ2n) is 13.5. The fraction of sp³-hybridized carbons (Fsp3) is 0.302. The van der Waals surface area contributed by atoms with Crippen molar-refractivity contribution in [3.63, 3.8) is 0 Å². The number of amides is 1. The van der Waals surface area contributed by atoms with Crippen molar-refractivity contribution in [3.8, 4) is 23.0 Å². The van der Waals surface area contributed by atoms with Crippen molar-refractivity contribution < 1.29 is 28.5 Å². The van der Waals surface area contributed by atoms with Crippen molar-refractivity contribution in [1.82, 2.24) is 9.80 Å². The predicted octanol–water partition coefficient (Wildman–Crippen LogP) is 8.67. The summed E-state index contributed by atoms with van der Waals surface area (Å²) >= 11 is 1.73. The Kier molecular flexibility index (Phi) is 11.6. The first kappa shape index (κ1) is 37.4. The summed E-state index contributed by atoms with van der Waals surface area (Å²) in [6.07, 6.45) is 12.5. The summed E-state index contributed by atoms with van der Waals surface area (Å²) in [4.78, 5) is 40.3. The van der Waals surface area contributed by atoms with Crippen LogP contribution in [0.15, 0.2) is 88.4 Å². The number of nitrogens with one attached hydrogen (secondary N) is 1. The molecular formula is C43H45N5O6S. The van der Waals surface area contributed by atoms with Crippen LogP contribution in [-0.2, 0) is 0 Å². The van der Waals surface area contributed by atoms with Crippen molar-refractivity contribution >= 4 is 64.2 Å².